The van der Waals surface area contributed by atoms with Crippen molar-refractivity contribution in [3.63, 3.8) is 0 Å². The fourth-order valence-corrected chi connectivity index (χ4v) is 2.48. The van der Waals surface area contributed by atoms with Gasteiger partial charge in [-0.15, -0.1) is 0 Å². The van der Waals surface area contributed by atoms with Crippen molar-refractivity contribution in [3.05, 3.63) is 77.3 Å². The number of aryl methyl sites for hydroxylation is 1. The zero-order valence-electron chi connectivity index (χ0n) is 11.5. The van der Waals surface area contributed by atoms with E-state index in [0.29, 0.717) is 16.4 Å². The van der Waals surface area contributed by atoms with Gasteiger partial charge in [0.1, 0.15) is 0 Å². The second-order valence-corrected chi connectivity index (χ2v) is 5.16. The summed E-state index contributed by atoms with van der Waals surface area (Å²) in [5.74, 6) is 0.322. The summed E-state index contributed by atoms with van der Waals surface area (Å²) in [5, 5.41) is 0.666. The highest BCUT2D eigenvalue weighted by atomic mass is 35.5. The van der Waals surface area contributed by atoms with E-state index in [2.05, 4.69) is 4.98 Å². The largest absolute Gasteiger partial charge is 0.331 e. The van der Waals surface area contributed by atoms with Crippen LogP contribution in [0.1, 0.15) is 16.2 Å². The minimum atomic E-state index is -0.101. The maximum atomic E-state index is 12.5. The number of aromatic nitrogens is 2. The van der Waals surface area contributed by atoms with Crippen LogP contribution in [0.5, 0.6) is 0 Å². The van der Waals surface area contributed by atoms with Gasteiger partial charge in [0, 0.05) is 35.6 Å². The molecule has 0 saturated heterocycles. The lowest BCUT2D eigenvalue weighted by Crippen LogP contribution is -2.08. The number of halogens is 1. The maximum Gasteiger partial charge on any atom is 0.228 e. The fourth-order valence-electron chi connectivity index (χ4n) is 2.24. The van der Waals surface area contributed by atoms with Crippen molar-refractivity contribution in [3.8, 4) is 11.1 Å². The van der Waals surface area contributed by atoms with Gasteiger partial charge in [-0.25, -0.2) is 4.98 Å². The Bertz CT molecular complexity index is 808. The smallest absolute Gasteiger partial charge is 0.228 e. The van der Waals surface area contributed by atoms with E-state index in [0.717, 1.165) is 11.1 Å². The Hall–Kier alpha value is -2.39. The van der Waals surface area contributed by atoms with Crippen molar-refractivity contribution in [2.75, 3.05) is 0 Å². The molecule has 3 rings (SSSR count). The van der Waals surface area contributed by atoms with E-state index in [1.54, 1.807) is 30.1 Å². The molecule has 0 N–H and O–H groups in total. The first kappa shape index (κ1) is 13.6. The Morgan fingerprint density at radius 3 is 2.67 bits per heavy atom. The molecule has 0 spiro atoms. The molecule has 1 heterocycles. The zero-order chi connectivity index (χ0) is 14.8. The third kappa shape index (κ3) is 2.60. The molecule has 1 aromatic heterocycles. The normalized spacial score (nSPS) is 10.6. The van der Waals surface area contributed by atoms with Crippen LogP contribution in [0.25, 0.3) is 11.1 Å². The van der Waals surface area contributed by atoms with Gasteiger partial charge >= 0.3 is 0 Å². The van der Waals surface area contributed by atoms with E-state index in [9.17, 15) is 4.79 Å². The van der Waals surface area contributed by atoms with Gasteiger partial charge in [0.15, 0.2) is 5.82 Å². The Labute approximate surface area is 127 Å². The molecule has 4 heteroatoms. The van der Waals surface area contributed by atoms with Gasteiger partial charge in [0.2, 0.25) is 5.78 Å². The van der Waals surface area contributed by atoms with Gasteiger partial charge < -0.3 is 4.57 Å². The third-order valence-electron chi connectivity index (χ3n) is 3.33. The van der Waals surface area contributed by atoms with E-state index < -0.39 is 0 Å². The van der Waals surface area contributed by atoms with Gasteiger partial charge in [0.25, 0.3) is 0 Å². The van der Waals surface area contributed by atoms with E-state index in [1.807, 2.05) is 42.5 Å². The lowest BCUT2D eigenvalue weighted by molar-refractivity contribution is 0.102. The molecular formula is C17H13ClN2O. The van der Waals surface area contributed by atoms with Gasteiger partial charge in [-0.2, -0.15) is 0 Å². The molecule has 0 aliphatic carbocycles. The monoisotopic (exact) mass is 296 g/mol. The molecule has 0 aliphatic rings. The molecule has 0 aliphatic heterocycles. The number of hydrogen-bond donors (Lipinski definition) is 0. The molecule has 21 heavy (non-hydrogen) atoms. The summed E-state index contributed by atoms with van der Waals surface area (Å²) in [6.45, 7) is 0. The fraction of sp³-hybridized carbons (Fsp3) is 0.0588. The number of hydrogen-bond acceptors (Lipinski definition) is 2. The molecule has 0 amide bonds. The molecule has 104 valence electrons. The van der Waals surface area contributed by atoms with Gasteiger partial charge in [-0.3, -0.25) is 4.79 Å². The summed E-state index contributed by atoms with van der Waals surface area (Å²) in [4.78, 5) is 16.6. The molecule has 3 aromatic rings. The predicted octanol–water partition coefficient (Wildman–Crippen LogP) is 3.97. The first-order chi connectivity index (χ1) is 10.2. The molecule has 0 atom stereocenters. The van der Waals surface area contributed by atoms with E-state index in [4.69, 9.17) is 11.6 Å². The molecule has 0 unspecified atom stereocenters. The number of ketones is 1. The summed E-state index contributed by atoms with van der Waals surface area (Å²) in [6.07, 6.45) is 3.37. The number of imidazole rings is 1. The SMILES string of the molecule is Cn1ccnc1C(=O)c1cccc(-c2ccccc2Cl)c1. The van der Waals surface area contributed by atoms with Crippen molar-refractivity contribution < 1.29 is 4.79 Å². The highest BCUT2D eigenvalue weighted by molar-refractivity contribution is 6.33. The number of carbonyl (C=O) groups is 1. The molecule has 3 nitrogen and oxygen atoms in total. The Morgan fingerprint density at radius 1 is 1.14 bits per heavy atom. The number of carbonyl (C=O) groups excluding carboxylic acids is 1. The summed E-state index contributed by atoms with van der Waals surface area (Å²) in [6, 6.07) is 15.0. The van der Waals surface area contributed by atoms with Crippen LogP contribution in [-0.4, -0.2) is 15.3 Å². The van der Waals surface area contributed by atoms with E-state index in [-0.39, 0.29) is 5.78 Å². The van der Waals surface area contributed by atoms with Crippen LogP contribution < -0.4 is 0 Å². The van der Waals surface area contributed by atoms with Crippen LogP contribution >= 0.6 is 11.6 Å². The molecule has 2 aromatic carbocycles. The van der Waals surface area contributed by atoms with Crippen molar-refractivity contribution >= 4 is 17.4 Å². The van der Waals surface area contributed by atoms with Gasteiger partial charge in [-0.1, -0.05) is 48.0 Å². The predicted molar refractivity (Wildman–Crippen MR) is 83.5 cm³/mol. The van der Waals surface area contributed by atoms with Crippen molar-refractivity contribution in [1.29, 1.82) is 0 Å². The number of benzene rings is 2. The summed E-state index contributed by atoms with van der Waals surface area (Å²) >= 11 is 6.21. The lowest BCUT2D eigenvalue weighted by atomic mass is 10.0. The molecule has 0 bridgehead atoms. The first-order valence-corrected chi connectivity index (χ1v) is 6.91. The average Bonchev–Trinajstić information content (AvgIpc) is 2.93. The quantitative estimate of drug-likeness (QED) is 0.685. The molecular weight excluding hydrogens is 284 g/mol. The molecule has 0 fully saturated rings. The van der Waals surface area contributed by atoms with Crippen molar-refractivity contribution in [1.82, 2.24) is 9.55 Å². The van der Waals surface area contributed by atoms with Crippen LogP contribution in [0.2, 0.25) is 5.02 Å². The van der Waals surface area contributed by atoms with Crippen LogP contribution in [0, 0.1) is 0 Å². The Kier molecular flexibility index (Phi) is 3.59. The van der Waals surface area contributed by atoms with E-state index in [1.165, 1.54) is 0 Å². The van der Waals surface area contributed by atoms with E-state index >= 15 is 0 Å². The van der Waals surface area contributed by atoms with Gasteiger partial charge in [-0.05, 0) is 17.7 Å². The lowest BCUT2D eigenvalue weighted by Gasteiger charge is -2.07. The third-order valence-corrected chi connectivity index (χ3v) is 3.66. The highest BCUT2D eigenvalue weighted by Crippen LogP contribution is 2.28. The minimum absolute atomic E-state index is 0.101. The Morgan fingerprint density at radius 2 is 1.95 bits per heavy atom. The number of nitrogens with zero attached hydrogens (tertiary/aromatic N) is 2. The maximum absolute atomic E-state index is 12.5. The summed E-state index contributed by atoms with van der Waals surface area (Å²) in [5.41, 5.74) is 2.43. The molecule has 0 radical (unpaired) electrons. The van der Waals surface area contributed by atoms with Gasteiger partial charge in [0.05, 0.1) is 0 Å². The first-order valence-electron chi connectivity index (χ1n) is 6.54. The zero-order valence-corrected chi connectivity index (χ0v) is 12.2. The second-order valence-electron chi connectivity index (χ2n) is 4.75. The average molecular weight is 297 g/mol. The second kappa shape index (κ2) is 5.54. The van der Waals surface area contributed by atoms with Crippen molar-refractivity contribution in [2.24, 2.45) is 7.05 Å². The number of rotatable bonds is 3. The van der Waals surface area contributed by atoms with Crippen LogP contribution in [0.3, 0.4) is 0 Å². The highest BCUT2D eigenvalue weighted by Gasteiger charge is 2.14. The molecule has 0 saturated carbocycles. The van der Waals surface area contributed by atoms with Crippen LogP contribution in [0.15, 0.2) is 60.9 Å². The minimum Gasteiger partial charge on any atom is -0.331 e. The topological polar surface area (TPSA) is 34.9 Å². The standard InChI is InChI=1S/C17H13ClN2O/c1-20-10-9-19-17(20)16(21)13-6-4-5-12(11-13)14-7-2-3-8-15(14)18/h2-11H,1H3. The van der Waals surface area contributed by atoms with Crippen LogP contribution in [-0.2, 0) is 7.05 Å². The van der Waals surface area contributed by atoms with Crippen molar-refractivity contribution in [2.45, 2.75) is 0 Å². The van der Waals surface area contributed by atoms with Crippen LogP contribution in [0.4, 0.5) is 0 Å². The summed E-state index contributed by atoms with van der Waals surface area (Å²) < 4.78 is 1.71. The Balaban J connectivity index is 2.03. The summed E-state index contributed by atoms with van der Waals surface area (Å²) in [7, 11) is 1.80.